The van der Waals surface area contributed by atoms with Gasteiger partial charge in [0.1, 0.15) is 23.5 Å². The number of aliphatic hydroxyl groups is 1. The van der Waals surface area contributed by atoms with Crippen molar-refractivity contribution >= 4 is 15.9 Å². The van der Waals surface area contributed by atoms with Crippen molar-refractivity contribution < 1.29 is 18.6 Å². The molecule has 0 radical (unpaired) electrons. The standard InChI is InChI=1S/C15H13BrF2O2/c1-8-3-4-9(12(7-8)20-2)15(19)13-11(17)6-5-10(16)14(13)18/h3-7,15,19H,1-2H3. The Kier molecular flexibility index (Phi) is 4.40. The van der Waals surface area contributed by atoms with E-state index < -0.39 is 23.3 Å². The normalized spacial score (nSPS) is 12.3. The lowest BCUT2D eigenvalue weighted by Gasteiger charge is -2.17. The number of ether oxygens (including phenoxy) is 1. The highest BCUT2D eigenvalue weighted by Gasteiger charge is 2.24. The van der Waals surface area contributed by atoms with Crippen molar-refractivity contribution in [2.45, 2.75) is 13.0 Å². The molecule has 0 aliphatic heterocycles. The summed E-state index contributed by atoms with van der Waals surface area (Å²) in [5, 5.41) is 10.3. The predicted molar refractivity (Wildman–Crippen MR) is 75.9 cm³/mol. The van der Waals surface area contributed by atoms with E-state index in [1.807, 2.05) is 6.92 Å². The summed E-state index contributed by atoms with van der Waals surface area (Å²) in [7, 11) is 1.44. The van der Waals surface area contributed by atoms with E-state index in [1.165, 1.54) is 13.2 Å². The number of hydrogen-bond donors (Lipinski definition) is 1. The van der Waals surface area contributed by atoms with Crippen LogP contribution in [0.5, 0.6) is 5.75 Å². The smallest absolute Gasteiger partial charge is 0.146 e. The number of aryl methyl sites for hydroxylation is 1. The summed E-state index contributed by atoms with van der Waals surface area (Å²) in [5.74, 6) is -1.24. The Morgan fingerprint density at radius 1 is 1.20 bits per heavy atom. The molecule has 106 valence electrons. The molecule has 5 heteroatoms. The fraction of sp³-hybridized carbons (Fsp3) is 0.200. The molecule has 0 heterocycles. The fourth-order valence-corrected chi connectivity index (χ4v) is 2.34. The van der Waals surface area contributed by atoms with E-state index in [-0.39, 0.29) is 4.47 Å². The molecule has 0 saturated heterocycles. The van der Waals surface area contributed by atoms with Crippen LogP contribution in [0.15, 0.2) is 34.8 Å². The predicted octanol–water partition coefficient (Wildman–Crippen LogP) is 4.13. The molecular weight excluding hydrogens is 330 g/mol. The van der Waals surface area contributed by atoms with E-state index in [4.69, 9.17) is 4.74 Å². The van der Waals surface area contributed by atoms with Crippen LogP contribution in [-0.4, -0.2) is 12.2 Å². The molecule has 0 fully saturated rings. The fourth-order valence-electron chi connectivity index (χ4n) is 1.99. The van der Waals surface area contributed by atoms with Gasteiger partial charge in [0.15, 0.2) is 0 Å². The summed E-state index contributed by atoms with van der Waals surface area (Å²) in [6.45, 7) is 1.86. The second kappa shape index (κ2) is 5.89. The molecule has 1 N–H and O–H groups in total. The number of aliphatic hydroxyl groups excluding tert-OH is 1. The Morgan fingerprint density at radius 2 is 1.90 bits per heavy atom. The molecule has 2 rings (SSSR count). The van der Waals surface area contributed by atoms with Crippen LogP contribution < -0.4 is 4.74 Å². The van der Waals surface area contributed by atoms with Gasteiger partial charge < -0.3 is 9.84 Å². The lowest BCUT2D eigenvalue weighted by atomic mass is 9.98. The van der Waals surface area contributed by atoms with Crippen molar-refractivity contribution in [1.29, 1.82) is 0 Å². The van der Waals surface area contributed by atoms with Crippen molar-refractivity contribution in [1.82, 2.24) is 0 Å². The van der Waals surface area contributed by atoms with Crippen LogP contribution in [0, 0.1) is 18.6 Å². The summed E-state index contributed by atoms with van der Waals surface area (Å²) in [6, 6.07) is 7.40. The minimum absolute atomic E-state index is 0.0963. The van der Waals surface area contributed by atoms with E-state index in [0.717, 1.165) is 11.6 Å². The number of methoxy groups -OCH3 is 1. The van der Waals surface area contributed by atoms with Crippen molar-refractivity contribution in [3.05, 3.63) is 63.1 Å². The lowest BCUT2D eigenvalue weighted by molar-refractivity contribution is 0.203. The van der Waals surface area contributed by atoms with Gasteiger partial charge in [-0.05, 0) is 46.6 Å². The number of rotatable bonds is 3. The first-order valence-electron chi connectivity index (χ1n) is 5.91. The Hall–Kier alpha value is -1.46. The van der Waals surface area contributed by atoms with Crippen LogP contribution >= 0.6 is 15.9 Å². The monoisotopic (exact) mass is 342 g/mol. The highest BCUT2D eigenvalue weighted by atomic mass is 79.9. The van der Waals surface area contributed by atoms with Crippen molar-refractivity contribution in [2.24, 2.45) is 0 Å². The maximum Gasteiger partial charge on any atom is 0.146 e. The lowest BCUT2D eigenvalue weighted by Crippen LogP contribution is -2.08. The van der Waals surface area contributed by atoms with Gasteiger partial charge in [-0.3, -0.25) is 0 Å². The van der Waals surface area contributed by atoms with Gasteiger partial charge in [0, 0.05) is 5.56 Å². The SMILES string of the molecule is COc1cc(C)ccc1C(O)c1c(F)ccc(Br)c1F. The van der Waals surface area contributed by atoms with Crippen LogP contribution in [0.25, 0.3) is 0 Å². The highest BCUT2D eigenvalue weighted by molar-refractivity contribution is 9.10. The van der Waals surface area contributed by atoms with Gasteiger partial charge in [-0.15, -0.1) is 0 Å². The second-order valence-corrected chi connectivity index (χ2v) is 5.26. The molecule has 0 amide bonds. The summed E-state index contributed by atoms with van der Waals surface area (Å²) in [4.78, 5) is 0. The van der Waals surface area contributed by atoms with Crippen LogP contribution in [0.4, 0.5) is 8.78 Å². The molecule has 1 unspecified atom stereocenters. The van der Waals surface area contributed by atoms with Gasteiger partial charge in [0.25, 0.3) is 0 Å². The quantitative estimate of drug-likeness (QED) is 0.850. The molecular formula is C15H13BrF2O2. The van der Waals surface area contributed by atoms with Crippen molar-refractivity contribution in [3.63, 3.8) is 0 Å². The Balaban J connectivity index is 2.57. The van der Waals surface area contributed by atoms with E-state index in [1.54, 1.807) is 18.2 Å². The van der Waals surface area contributed by atoms with Crippen LogP contribution in [-0.2, 0) is 0 Å². The molecule has 0 spiro atoms. The molecule has 20 heavy (non-hydrogen) atoms. The first-order chi connectivity index (χ1) is 9.45. The molecule has 2 aromatic rings. The average molecular weight is 343 g/mol. The molecule has 2 nitrogen and oxygen atoms in total. The van der Waals surface area contributed by atoms with E-state index >= 15 is 0 Å². The third-order valence-corrected chi connectivity index (χ3v) is 3.65. The van der Waals surface area contributed by atoms with Gasteiger partial charge in [-0.1, -0.05) is 12.1 Å². The molecule has 0 aromatic heterocycles. The third kappa shape index (κ3) is 2.69. The van der Waals surface area contributed by atoms with Gasteiger partial charge in [-0.25, -0.2) is 8.78 Å². The number of halogens is 3. The molecule has 1 atom stereocenters. The maximum absolute atomic E-state index is 14.0. The molecule has 0 saturated carbocycles. The summed E-state index contributed by atoms with van der Waals surface area (Å²) in [5.41, 5.74) is 0.837. The first kappa shape index (κ1) is 14.9. The summed E-state index contributed by atoms with van der Waals surface area (Å²) in [6.07, 6.45) is -1.44. The first-order valence-corrected chi connectivity index (χ1v) is 6.71. The maximum atomic E-state index is 14.0. The zero-order chi connectivity index (χ0) is 14.9. The third-order valence-electron chi connectivity index (χ3n) is 3.04. The molecule has 0 bridgehead atoms. The van der Waals surface area contributed by atoms with Gasteiger partial charge >= 0.3 is 0 Å². The van der Waals surface area contributed by atoms with Crippen molar-refractivity contribution in [3.8, 4) is 5.75 Å². The minimum Gasteiger partial charge on any atom is -0.496 e. The van der Waals surface area contributed by atoms with E-state index in [0.29, 0.717) is 11.3 Å². The van der Waals surface area contributed by atoms with Gasteiger partial charge in [0.2, 0.25) is 0 Å². The largest absolute Gasteiger partial charge is 0.496 e. The topological polar surface area (TPSA) is 29.5 Å². The summed E-state index contributed by atoms with van der Waals surface area (Å²) >= 11 is 2.98. The van der Waals surface area contributed by atoms with Crippen LogP contribution in [0.2, 0.25) is 0 Å². The molecule has 0 aliphatic carbocycles. The zero-order valence-electron chi connectivity index (χ0n) is 11.0. The van der Waals surface area contributed by atoms with E-state index in [2.05, 4.69) is 15.9 Å². The number of benzene rings is 2. The Morgan fingerprint density at radius 3 is 2.55 bits per heavy atom. The second-order valence-electron chi connectivity index (χ2n) is 4.40. The molecule has 2 aromatic carbocycles. The van der Waals surface area contributed by atoms with Crippen LogP contribution in [0.1, 0.15) is 22.8 Å². The van der Waals surface area contributed by atoms with Gasteiger partial charge in [-0.2, -0.15) is 0 Å². The van der Waals surface area contributed by atoms with Gasteiger partial charge in [0.05, 0.1) is 17.1 Å². The van der Waals surface area contributed by atoms with Crippen molar-refractivity contribution in [2.75, 3.05) is 7.11 Å². The highest BCUT2D eigenvalue weighted by Crippen LogP contribution is 2.35. The number of hydrogen-bond acceptors (Lipinski definition) is 2. The van der Waals surface area contributed by atoms with E-state index in [9.17, 15) is 13.9 Å². The minimum atomic E-state index is -1.44. The van der Waals surface area contributed by atoms with Crippen LogP contribution in [0.3, 0.4) is 0 Å². The zero-order valence-corrected chi connectivity index (χ0v) is 12.5. The Bertz CT molecular complexity index is 644. The molecule has 0 aliphatic rings. The average Bonchev–Trinajstić information content (AvgIpc) is 2.43. The Labute approximate surface area is 124 Å². The summed E-state index contributed by atoms with van der Waals surface area (Å²) < 4.78 is 33.1.